The van der Waals surface area contributed by atoms with E-state index in [1.54, 1.807) is 24.3 Å². The quantitative estimate of drug-likeness (QED) is 0.288. The summed E-state index contributed by atoms with van der Waals surface area (Å²) in [6, 6.07) is 12.9. The van der Waals surface area contributed by atoms with Crippen LogP contribution in [0.5, 0.6) is 5.75 Å². The zero-order chi connectivity index (χ0) is 22.5. The Morgan fingerprint density at radius 2 is 1.84 bits per heavy atom. The van der Waals surface area contributed by atoms with Gasteiger partial charge in [-0.2, -0.15) is 0 Å². The predicted molar refractivity (Wildman–Crippen MR) is 119 cm³/mol. The predicted octanol–water partition coefficient (Wildman–Crippen LogP) is 4.19. The van der Waals surface area contributed by atoms with Gasteiger partial charge in [0.1, 0.15) is 11.5 Å². The number of nitrogens with zero attached hydrogens (tertiary/aromatic N) is 1. The summed E-state index contributed by atoms with van der Waals surface area (Å²) in [5.74, 6) is -1.58. The highest BCUT2D eigenvalue weighted by Gasteiger charge is 2.45. The monoisotopic (exact) mass is 423 g/mol. The Labute approximate surface area is 182 Å². The molecule has 1 atom stereocenters. The number of hydrogen-bond donors (Lipinski definition) is 2. The second-order valence-corrected chi connectivity index (χ2v) is 7.91. The van der Waals surface area contributed by atoms with Crippen molar-refractivity contribution in [2.75, 3.05) is 13.2 Å². The summed E-state index contributed by atoms with van der Waals surface area (Å²) in [4.78, 5) is 27.3. The molecule has 0 spiro atoms. The number of carbonyl (C=O) groups is 2. The third-order valence-corrected chi connectivity index (χ3v) is 5.36. The first-order valence-corrected chi connectivity index (χ1v) is 10.6. The lowest BCUT2D eigenvalue weighted by atomic mass is 9.94. The lowest BCUT2D eigenvalue weighted by molar-refractivity contribution is -0.140. The Morgan fingerprint density at radius 1 is 1.13 bits per heavy atom. The molecule has 1 fully saturated rings. The molecule has 0 radical (unpaired) electrons. The molecule has 2 aromatic rings. The highest BCUT2D eigenvalue weighted by Crippen LogP contribution is 2.40. The van der Waals surface area contributed by atoms with E-state index in [4.69, 9.17) is 4.74 Å². The molecule has 31 heavy (non-hydrogen) atoms. The number of Topliss-reactive ketones (excluding diaryl/α,β-unsaturated/α-hetero) is 1. The van der Waals surface area contributed by atoms with Crippen LogP contribution < -0.4 is 0 Å². The molecule has 6 heteroatoms. The van der Waals surface area contributed by atoms with Gasteiger partial charge in [0.05, 0.1) is 17.7 Å². The zero-order valence-electron chi connectivity index (χ0n) is 18.2. The summed E-state index contributed by atoms with van der Waals surface area (Å²) < 4.78 is 5.56. The Hall–Kier alpha value is -3.12. The van der Waals surface area contributed by atoms with Crippen molar-refractivity contribution in [2.24, 2.45) is 0 Å². The average molecular weight is 424 g/mol. The Balaban J connectivity index is 2.02. The minimum Gasteiger partial charge on any atom is -0.508 e. The van der Waals surface area contributed by atoms with Gasteiger partial charge in [0.2, 0.25) is 0 Å². The fourth-order valence-corrected chi connectivity index (χ4v) is 3.76. The summed E-state index contributed by atoms with van der Waals surface area (Å²) in [5.41, 5.74) is 2.18. The number of aromatic hydroxyl groups is 1. The third-order valence-electron chi connectivity index (χ3n) is 5.36. The fourth-order valence-electron chi connectivity index (χ4n) is 3.76. The van der Waals surface area contributed by atoms with Crippen molar-refractivity contribution in [3.63, 3.8) is 0 Å². The molecule has 0 aromatic heterocycles. The van der Waals surface area contributed by atoms with Crippen LogP contribution in [0.25, 0.3) is 5.76 Å². The first-order chi connectivity index (χ1) is 14.8. The van der Waals surface area contributed by atoms with E-state index in [-0.39, 0.29) is 23.2 Å². The van der Waals surface area contributed by atoms with Crippen LogP contribution in [-0.4, -0.2) is 46.1 Å². The smallest absolute Gasteiger partial charge is 0.295 e. The molecule has 0 bridgehead atoms. The molecule has 164 valence electrons. The van der Waals surface area contributed by atoms with Gasteiger partial charge in [-0.3, -0.25) is 9.59 Å². The molecule has 1 heterocycles. The first kappa shape index (κ1) is 22.6. The zero-order valence-corrected chi connectivity index (χ0v) is 18.2. The number of aryl methyl sites for hydroxylation is 1. The van der Waals surface area contributed by atoms with Gasteiger partial charge in [0.15, 0.2) is 0 Å². The maximum Gasteiger partial charge on any atom is 0.295 e. The number of amides is 1. The van der Waals surface area contributed by atoms with Crippen molar-refractivity contribution < 1.29 is 24.5 Å². The van der Waals surface area contributed by atoms with E-state index in [0.29, 0.717) is 30.7 Å². The topological polar surface area (TPSA) is 87.1 Å². The number of phenols is 1. The number of ketones is 1. The van der Waals surface area contributed by atoms with Crippen LogP contribution in [0.3, 0.4) is 0 Å². The molecular formula is C25H29NO5. The number of benzene rings is 2. The number of aliphatic hydroxyl groups excluding tert-OH is 1. The van der Waals surface area contributed by atoms with Crippen LogP contribution >= 0.6 is 0 Å². The summed E-state index contributed by atoms with van der Waals surface area (Å²) in [6.45, 7) is 6.64. The van der Waals surface area contributed by atoms with Gasteiger partial charge in [0.25, 0.3) is 11.7 Å². The maximum atomic E-state index is 13.0. The third kappa shape index (κ3) is 4.97. The van der Waals surface area contributed by atoms with Crippen LogP contribution in [-0.2, 0) is 20.7 Å². The molecule has 2 N–H and O–H groups in total. The lowest BCUT2D eigenvalue weighted by Crippen LogP contribution is -2.31. The van der Waals surface area contributed by atoms with Crippen LogP contribution in [0.2, 0.25) is 0 Å². The van der Waals surface area contributed by atoms with E-state index < -0.39 is 17.7 Å². The van der Waals surface area contributed by atoms with Gasteiger partial charge < -0.3 is 19.8 Å². The first-order valence-electron chi connectivity index (χ1n) is 10.6. The van der Waals surface area contributed by atoms with Gasteiger partial charge in [-0.1, -0.05) is 43.3 Å². The molecule has 3 rings (SSSR count). The number of phenolic OH excluding ortho intramolecular Hbond substituents is 1. The van der Waals surface area contributed by atoms with Crippen LogP contribution in [0.1, 0.15) is 49.9 Å². The van der Waals surface area contributed by atoms with Gasteiger partial charge in [-0.05, 0) is 49.9 Å². The summed E-state index contributed by atoms with van der Waals surface area (Å²) in [6.07, 6.45) is 1.47. The minimum absolute atomic E-state index is 0.0264. The van der Waals surface area contributed by atoms with Crippen molar-refractivity contribution >= 4 is 17.4 Å². The summed E-state index contributed by atoms with van der Waals surface area (Å²) >= 11 is 0. The van der Waals surface area contributed by atoms with Gasteiger partial charge in [0, 0.05) is 18.7 Å². The molecule has 1 aliphatic rings. The average Bonchev–Trinajstić information content (AvgIpc) is 3.01. The molecule has 1 aliphatic heterocycles. The molecule has 6 nitrogen and oxygen atoms in total. The number of hydrogen-bond acceptors (Lipinski definition) is 5. The van der Waals surface area contributed by atoms with Gasteiger partial charge in [-0.25, -0.2) is 0 Å². The maximum absolute atomic E-state index is 13.0. The van der Waals surface area contributed by atoms with E-state index >= 15 is 0 Å². The largest absolute Gasteiger partial charge is 0.508 e. The SMILES string of the molecule is CCc1ccc(/C(O)=C2/C(=O)C(=O)N(CCCOC(C)C)C2c2cccc(O)c2)cc1. The Morgan fingerprint density at radius 3 is 2.45 bits per heavy atom. The minimum atomic E-state index is -0.781. The summed E-state index contributed by atoms with van der Waals surface area (Å²) in [7, 11) is 0. The molecular weight excluding hydrogens is 394 g/mol. The van der Waals surface area contributed by atoms with Crippen LogP contribution in [0.4, 0.5) is 0 Å². The number of ether oxygens (including phenoxy) is 1. The Kier molecular flexibility index (Phi) is 7.13. The molecule has 1 unspecified atom stereocenters. The van der Waals surface area contributed by atoms with Crippen molar-refractivity contribution in [1.82, 2.24) is 4.90 Å². The van der Waals surface area contributed by atoms with Gasteiger partial charge >= 0.3 is 0 Å². The normalized spacial score (nSPS) is 18.2. The van der Waals surface area contributed by atoms with Crippen molar-refractivity contribution in [2.45, 2.75) is 45.8 Å². The van der Waals surface area contributed by atoms with Crippen molar-refractivity contribution in [1.29, 1.82) is 0 Å². The van der Waals surface area contributed by atoms with Crippen molar-refractivity contribution in [3.05, 3.63) is 70.8 Å². The van der Waals surface area contributed by atoms with E-state index in [0.717, 1.165) is 12.0 Å². The highest BCUT2D eigenvalue weighted by molar-refractivity contribution is 6.46. The number of likely N-dealkylation sites (tertiary alicyclic amines) is 1. The highest BCUT2D eigenvalue weighted by atomic mass is 16.5. The van der Waals surface area contributed by atoms with E-state index in [1.807, 2.05) is 32.9 Å². The fraction of sp³-hybridized carbons (Fsp3) is 0.360. The molecule has 1 saturated heterocycles. The molecule has 1 amide bonds. The number of carbonyl (C=O) groups excluding carboxylic acids is 2. The van der Waals surface area contributed by atoms with E-state index in [9.17, 15) is 19.8 Å². The standard InChI is InChI=1S/C25H29NO5/c1-4-17-9-11-18(12-10-17)23(28)21-22(19-7-5-8-20(27)15-19)26(25(30)24(21)29)13-6-14-31-16(2)3/h5,7-12,15-16,22,27-28H,4,6,13-14H2,1-3H3/b23-21-. The van der Waals surface area contributed by atoms with Crippen molar-refractivity contribution in [3.8, 4) is 5.75 Å². The van der Waals surface area contributed by atoms with Gasteiger partial charge in [-0.15, -0.1) is 0 Å². The van der Waals surface area contributed by atoms with E-state index in [1.165, 1.54) is 17.0 Å². The van der Waals surface area contributed by atoms with E-state index in [2.05, 4.69) is 0 Å². The number of rotatable bonds is 8. The second-order valence-electron chi connectivity index (χ2n) is 7.91. The molecule has 2 aromatic carbocycles. The van der Waals surface area contributed by atoms with Crippen LogP contribution in [0, 0.1) is 0 Å². The summed E-state index contributed by atoms with van der Waals surface area (Å²) in [5, 5.41) is 21.0. The number of aliphatic hydroxyl groups is 1. The lowest BCUT2D eigenvalue weighted by Gasteiger charge is -2.25. The molecule has 0 saturated carbocycles. The Bertz CT molecular complexity index is 978. The second kappa shape index (κ2) is 9.79. The molecule has 0 aliphatic carbocycles. The van der Waals surface area contributed by atoms with Crippen LogP contribution in [0.15, 0.2) is 54.1 Å².